The lowest BCUT2D eigenvalue weighted by Gasteiger charge is -2.04. The fraction of sp³-hybridized carbons (Fsp3) is 0.250. The molecule has 0 saturated carbocycles. The molecule has 0 aliphatic carbocycles. The van der Waals surface area contributed by atoms with Crippen LogP contribution in [-0.2, 0) is 16.0 Å². The predicted octanol–water partition coefficient (Wildman–Crippen LogP) is 2.81. The average molecular weight is 269 g/mol. The van der Waals surface area contributed by atoms with Gasteiger partial charge in [0.1, 0.15) is 0 Å². The van der Waals surface area contributed by atoms with E-state index in [1.54, 1.807) is 0 Å². The van der Waals surface area contributed by atoms with Gasteiger partial charge in [0, 0.05) is 5.33 Å². The lowest BCUT2D eigenvalue weighted by Crippen LogP contribution is -2.05. The minimum absolute atomic E-state index is 0.213. The molecule has 0 aliphatic rings. The zero-order chi connectivity index (χ0) is 11.1. The highest BCUT2D eigenvalue weighted by molar-refractivity contribution is 9.09. The van der Waals surface area contributed by atoms with Crippen LogP contribution in [0.5, 0.6) is 0 Å². The van der Waals surface area contributed by atoms with E-state index in [9.17, 15) is 4.79 Å². The van der Waals surface area contributed by atoms with Crippen LogP contribution in [0.25, 0.3) is 6.08 Å². The molecule has 0 radical (unpaired) electrons. The molecule has 0 saturated heterocycles. The molecule has 0 aliphatic heterocycles. The Balaban J connectivity index is 2.86. The van der Waals surface area contributed by atoms with Gasteiger partial charge < -0.3 is 4.74 Å². The van der Waals surface area contributed by atoms with Crippen molar-refractivity contribution in [2.75, 3.05) is 12.4 Å². The van der Waals surface area contributed by atoms with E-state index in [0.29, 0.717) is 6.42 Å². The molecule has 0 atom stereocenters. The first kappa shape index (κ1) is 12.0. The number of carbonyl (C=O) groups excluding carboxylic acids is 1. The van der Waals surface area contributed by atoms with Crippen molar-refractivity contribution in [2.45, 2.75) is 6.42 Å². The minimum Gasteiger partial charge on any atom is -0.469 e. The Hall–Kier alpha value is -1.09. The van der Waals surface area contributed by atoms with E-state index in [1.807, 2.05) is 36.4 Å². The van der Waals surface area contributed by atoms with Gasteiger partial charge >= 0.3 is 5.97 Å². The Bertz CT molecular complexity index is 358. The number of hydrogen-bond donors (Lipinski definition) is 0. The molecule has 0 bridgehead atoms. The van der Waals surface area contributed by atoms with Crippen LogP contribution in [0.2, 0.25) is 0 Å². The number of hydrogen-bond acceptors (Lipinski definition) is 2. The van der Waals surface area contributed by atoms with Gasteiger partial charge in [0.25, 0.3) is 0 Å². The third kappa shape index (κ3) is 3.88. The number of benzene rings is 1. The minimum atomic E-state index is -0.213. The second-order valence-electron chi connectivity index (χ2n) is 3.01. The lowest BCUT2D eigenvalue weighted by atomic mass is 10.0. The number of methoxy groups -OCH3 is 1. The number of rotatable bonds is 4. The van der Waals surface area contributed by atoms with Crippen molar-refractivity contribution in [3.05, 3.63) is 41.5 Å². The largest absolute Gasteiger partial charge is 0.469 e. The molecular weight excluding hydrogens is 256 g/mol. The average Bonchev–Trinajstić information content (AvgIpc) is 2.28. The van der Waals surface area contributed by atoms with Gasteiger partial charge in [-0.3, -0.25) is 4.79 Å². The molecule has 1 aromatic carbocycles. The van der Waals surface area contributed by atoms with Crippen LogP contribution in [0.4, 0.5) is 0 Å². The molecule has 1 aromatic rings. The molecule has 15 heavy (non-hydrogen) atoms. The summed E-state index contributed by atoms with van der Waals surface area (Å²) in [5, 5.41) is 0.805. The summed E-state index contributed by atoms with van der Waals surface area (Å²) < 4.78 is 4.64. The molecular formula is C12H13BrO2. The molecule has 0 amide bonds. The van der Waals surface area contributed by atoms with Crippen molar-refractivity contribution in [3.8, 4) is 0 Å². The van der Waals surface area contributed by atoms with Crippen LogP contribution >= 0.6 is 15.9 Å². The first-order chi connectivity index (χ1) is 7.27. The van der Waals surface area contributed by atoms with E-state index in [0.717, 1.165) is 16.5 Å². The zero-order valence-electron chi connectivity index (χ0n) is 8.57. The first-order valence-corrected chi connectivity index (χ1v) is 5.77. The Morgan fingerprint density at radius 1 is 1.47 bits per heavy atom. The second kappa shape index (κ2) is 6.40. The van der Waals surface area contributed by atoms with Crippen molar-refractivity contribution < 1.29 is 9.53 Å². The van der Waals surface area contributed by atoms with E-state index in [2.05, 4.69) is 20.7 Å². The van der Waals surface area contributed by atoms with Crippen LogP contribution in [0.3, 0.4) is 0 Å². The standard InChI is InChI=1S/C12H13BrO2/c1-15-12(14)9-11-6-3-2-5-10(11)7-4-8-13/h2-7H,8-9H2,1H3. The van der Waals surface area contributed by atoms with Crippen LogP contribution in [0.1, 0.15) is 11.1 Å². The van der Waals surface area contributed by atoms with Crippen LogP contribution < -0.4 is 0 Å². The molecule has 80 valence electrons. The van der Waals surface area contributed by atoms with E-state index in [1.165, 1.54) is 7.11 Å². The Kier molecular flexibility index (Phi) is 5.12. The monoisotopic (exact) mass is 268 g/mol. The lowest BCUT2D eigenvalue weighted by molar-refractivity contribution is -0.139. The molecule has 2 nitrogen and oxygen atoms in total. The van der Waals surface area contributed by atoms with Gasteiger partial charge in [0.05, 0.1) is 13.5 Å². The summed E-state index contributed by atoms with van der Waals surface area (Å²) in [6, 6.07) is 7.79. The van der Waals surface area contributed by atoms with Gasteiger partial charge in [-0.15, -0.1) is 0 Å². The summed E-state index contributed by atoms with van der Waals surface area (Å²) in [6.07, 6.45) is 4.31. The van der Waals surface area contributed by atoms with E-state index >= 15 is 0 Å². The maximum atomic E-state index is 11.2. The fourth-order valence-electron chi connectivity index (χ4n) is 1.26. The van der Waals surface area contributed by atoms with Gasteiger partial charge in [-0.05, 0) is 11.1 Å². The van der Waals surface area contributed by atoms with Crippen LogP contribution in [0, 0.1) is 0 Å². The normalized spacial score (nSPS) is 10.5. The molecule has 0 unspecified atom stereocenters. The van der Waals surface area contributed by atoms with E-state index < -0.39 is 0 Å². The fourth-order valence-corrected chi connectivity index (χ4v) is 1.44. The summed E-state index contributed by atoms with van der Waals surface area (Å²) in [4.78, 5) is 11.2. The van der Waals surface area contributed by atoms with Crippen molar-refractivity contribution in [1.29, 1.82) is 0 Å². The maximum absolute atomic E-state index is 11.2. The van der Waals surface area contributed by atoms with E-state index in [-0.39, 0.29) is 5.97 Å². The molecule has 3 heteroatoms. The number of esters is 1. The summed E-state index contributed by atoms with van der Waals surface area (Å²) in [5.74, 6) is -0.213. The molecule has 0 heterocycles. The molecule has 0 N–H and O–H groups in total. The number of carbonyl (C=O) groups is 1. The van der Waals surface area contributed by atoms with Crippen LogP contribution in [-0.4, -0.2) is 18.4 Å². The van der Waals surface area contributed by atoms with Crippen molar-refractivity contribution >= 4 is 28.0 Å². The Morgan fingerprint density at radius 3 is 2.87 bits per heavy atom. The van der Waals surface area contributed by atoms with Crippen molar-refractivity contribution in [2.24, 2.45) is 0 Å². The van der Waals surface area contributed by atoms with Gasteiger partial charge in [-0.25, -0.2) is 0 Å². The number of allylic oxidation sites excluding steroid dienone is 1. The third-order valence-corrected chi connectivity index (χ3v) is 2.38. The third-order valence-electron chi connectivity index (χ3n) is 2.00. The van der Waals surface area contributed by atoms with E-state index in [4.69, 9.17) is 0 Å². The number of halogens is 1. The topological polar surface area (TPSA) is 26.3 Å². The summed E-state index contributed by atoms with van der Waals surface area (Å²) in [7, 11) is 1.40. The summed E-state index contributed by atoms with van der Waals surface area (Å²) >= 11 is 3.32. The quantitative estimate of drug-likeness (QED) is 0.620. The highest BCUT2D eigenvalue weighted by Gasteiger charge is 2.05. The summed E-state index contributed by atoms with van der Waals surface area (Å²) in [5.41, 5.74) is 2.05. The van der Waals surface area contributed by atoms with Gasteiger partial charge in [-0.2, -0.15) is 0 Å². The Morgan fingerprint density at radius 2 is 2.20 bits per heavy atom. The molecule has 0 aromatic heterocycles. The summed E-state index contributed by atoms with van der Waals surface area (Å²) in [6.45, 7) is 0. The van der Waals surface area contributed by atoms with Gasteiger partial charge in [0.2, 0.25) is 0 Å². The molecule has 0 spiro atoms. The molecule has 0 fully saturated rings. The zero-order valence-corrected chi connectivity index (χ0v) is 10.2. The first-order valence-electron chi connectivity index (χ1n) is 4.65. The van der Waals surface area contributed by atoms with Gasteiger partial charge in [0.15, 0.2) is 0 Å². The second-order valence-corrected chi connectivity index (χ2v) is 3.66. The van der Waals surface area contributed by atoms with Crippen molar-refractivity contribution in [3.63, 3.8) is 0 Å². The smallest absolute Gasteiger partial charge is 0.309 e. The highest BCUT2D eigenvalue weighted by atomic mass is 79.9. The highest BCUT2D eigenvalue weighted by Crippen LogP contribution is 2.12. The maximum Gasteiger partial charge on any atom is 0.309 e. The SMILES string of the molecule is COC(=O)Cc1ccccc1C=CCBr. The Labute approximate surface area is 98.1 Å². The van der Waals surface area contributed by atoms with Crippen molar-refractivity contribution in [1.82, 2.24) is 0 Å². The molecule has 1 rings (SSSR count). The van der Waals surface area contributed by atoms with Crippen LogP contribution in [0.15, 0.2) is 30.3 Å². The predicted molar refractivity (Wildman–Crippen MR) is 65.0 cm³/mol. The number of alkyl halides is 1. The number of ether oxygens (including phenoxy) is 1. The van der Waals surface area contributed by atoms with Gasteiger partial charge in [-0.1, -0.05) is 52.3 Å².